The van der Waals surface area contributed by atoms with Crippen molar-refractivity contribution in [2.45, 2.75) is 45.7 Å². The highest BCUT2D eigenvalue weighted by atomic mass is 32.1. The van der Waals surface area contributed by atoms with Gasteiger partial charge < -0.3 is 5.73 Å². The molecule has 0 saturated carbocycles. The number of nitrogens with two attached hydrogens (primary N) is 1. The molecule has 1 unspecified atom stereocenters. The van der Waals surface area contributed by atoms with Crippen LogP contribution in [0.3, 0.4) is 0 Å². The highest BCUT2D eigenvalue weighted by Gasteiger charge is 2.10. The van der Waals surface area contributed by atoms with E-state index in [-0.39, 0.29) is 6.04 Å². The SMILES string of the molecule is Cc1csc(CC(N)Cc2ccn(C(C)C)n2)n1. The van der Waals surface area contributed by atoms with Crippen molar-refractivity contribution in [3.8, 4) is 0 Å². The maximum atomic E-state index is 6.15. The largest absolute Gasteiger partial charge is 0.327 e. The smallest absolute Gasteiger partial charge is 0.0943 e. The lowest BCUT2D eigenvalue weighted by atomic mass is 10.1. The minimum absolute atomic E-state index is 0.0889. The summed E-state index contributed by atoms with van der Waals surface area (Å²) in [6.45, 7) is 6.25. The van der Waals surface area contributed by atoms with E-state index in [1.165, 1.54) is 0 Å². The van der Waals surface area contributed by atoms with Gasteiger partial charge in [-0.05, 0) is 26.8 Å². The number of nitrogens with zero attached hydrogens (tertiary/aromatic N) is 3. The van der Waals surface area contributed by atoms with Crippen molar-refractivity contribution in [3.63, 3.8) is 0 Å². The first-order valence-corrected chi connectivity index (χ1v) is 7.13. The van der Waals surface area contributed by atoms with E-state index >= 15 is 0 Å². The second-order valence-corrected chi connectivity index (χ2v) is 5.87. The molecule has 4 nitrogen and oxygen atoms in total. The molecule has 0 aliphatic heterocycles. The van der Waals surface area contributed by atoms with Gasteiger partial charge in [0, 0.05) is 42.2 Å². The van der Waals surface area contributed by atoms with Crippen LogP contribution in [0, 0.1) is 6.92 Å². The predicted molar refractivity (Wildman–Crippen MR) is 74.8 cm³/mol. The molecule has 98 valence electrons. The van der Waals surface area contributed by atoms with Crippen LogP contribution in [0.4, 0.5) is 0 Å². The second kappa shape index (κ2) is 5.63. The van der Waals surface area contributed by atoms with Gasteiger partial charge in [0.05, 0.1) is 10.7 Å². The van der Waals surface area contributed by atoms with Crippen molar-refractivity contribution in [1.29, 1.82) is 0 Å². The Labute approximate surface area is 112 Å². The first kappa shape index (κ1) is 13.2. The van der Waals surface area contributed by atoms with E-state index < -0.39 is 0 Å². The molecular formula is C13H20N4S. The van der Waals surface area contributed by atoms with Crippen LogP contribution >= 0.6 is 11.3 Å². The van der Waals surface area contributed by atoms with Crippen molar-refractivity contribution >= 4 is 11.3 Å². The van der Waals surface area contributed by atoms with E-state index in [2.05, 4.69) is 29.3 Å². The number of rotatable bonds is 5. The van der Waals surface area contributed by atoms with E-state index in [0.717, 1.165) is 29.2 Å². The molecule has 2 aromatic heterocycles. The molecule has 5 heteroatoms. The van der Waals surface area contributed by atoms with Crippen molar-refractivity contribution in [3.05, 3.63) is 34.0 Å². The molecule has 2 rings (SSSR count). The Bertz CT molecular complexity index is 501. The monoisotopic (exact) mass is 264 g/mol. The van der Waals surface area contributed by atoms with Gasteiger partial charge in [-0.25, -0.2) is 4.98 Å². The summed E-state index contributed by atoms with van der Waals surface area (Å²) in [4.78, 5) is 4.44. The lowest BCUT2D eigenvalue weighted by Gasteiger charge is -2.08. The maximum Gasteiger partial charge on any atom is 0.0943 e. The van der Waals surface area contributed by atoms with E-state index in [9.17, 15) is 0 Å². The van der Waals surface area contributed by atoms with E-state index in [1.807, 2.05) is 23.9 Å². The van der Waals surface area contributed by atoms with Gasteiger partial charge in [0.1, 0.15) is 0 Å². The summed E-state index contributed by atoms with van der Waals surface area (Å²) in [5, 5.41) is 7.70. The fourth-order valence-electron chi connectivity index (χ4n) is 1.84. The minimum atomic E-state index is 0.0889. The molecule has 2 aromatic rings. The minimum Gasteiger partial charge on any atom is -0.327 e. The van der Waals surface area contributed by atoms with Gasteiger partial charge in [-0.15, -0.1) is 11.3 Å². The van der Waals surface area contributed by atoms with Crippen molar-refractivity contribution in [1.82, 2.24) is 14.8 Å². The third kappa shape index (κ3) is 3.40. The van der Waals surface area contributed by atoms with Gasteiger partial charge in [-0.3, -0.25) is 4.68 Å². The van der Waals surface area contributed by atoms with Crippen LogP contribution in [-0.4, -0.2) is 20.8 Å². The Morgan fingerprint density at radius 3 is 2.72 bits per heavy atom. The van der Waals surface area contributed by atoms with Gasteiger partial charge in [0.2, 0.25) is 0 Å². The molecule has 0 aliphatic carbocycles. The summed E-state index contributed by atoms with van der Waals surface area (Å²) < 4.78 is 1.97. The Morgan fingerprint density at radius 1 is 1.39 bits per heavy atom. The van der Waals surface area contributed by atoms with Crippen molar-refractivity contribution < 1.29 is 0 Å². The molecule has 0 amide bonds. The second-order valence-electron chi connectivity index (χ2n) is 4.93. The zero-order valence-electron chi connectivity index (χ0n) is 11.1. The molecule has 0 radical (unpaired) electrons. The van der Waals surface area contributed by atoms with Crippen molar-refractivity contribution in [2.24, 2.45) is 5.73 Å². The predicted octanol–water partition coefficient (Wildman–Crippen LogP) is 2.34. The molecule has 0 aromatic carbocycles. The van der Waals surface area contributed by atoms with Crippen LogP contribution < -0.4 is 5.73 Å². The quantitative estimate of drug-likeness (QED) is 0.902. The van der Waals surface area contributed by atoms with Gasteiger partial charge in [-0.2, -0.15) is 5.10 Å². The summed E-state index contributed by atoms with van der Waals surface area (Å²) in [5.74, 6) is 0. The Kier molecular flexibility index (Phi) is 4.14. The summed E-state index contributed by atoms with van der Waals surface area (Å²) >= 11 is 1.68. The Balaban J connectivity index is 1.92. The van der Waals surface area contributed by atoms with Crippen LogP contribution in [0.2, 0.25) is 0 Å². The zero-order chi connectivity index (χ0) is 13.1. The van der Waals surface area contributed by atoms with Crippen LogP contribution in [-0.2, 0) is 12.8 Å². The molecular weight excluding hydrogens is 244 g/mol. The van der Waals surface area contributed by atoms with Crippen LogP contribution in [0.15, 0.2) is 17.6 Å². The van der Waals surface area contributed by atoms with E-state index in [0.29, 0.717) is 6.04 Å². The number of thiazole rings is 1. The lowest BCUT2D eigenvalue weighted by molar-refractivity contribution is 0.521. The molecule has 2 N–H and O–H groups in total. The van der Waals surface area contributed by atoms with Gasteiger partial charge in [0.25, 0.3) is 0 Å². The molecule has 2 heterocycles. The number of hydrogen-bond acceptors (Lipinski definition) is 4. The number of hydrogen-bond donors (Lipinski definition) is 1. The summed E-state index contributed by atoms with van der Waals surface area (Å²) in [7, 11) is 0. The van der Waals surface area contributed by atoms with Gasteiger partial charge in [-0.1, -0.05) is 0 Å². The van der Waals surface area contributed by atoms with Crippen LogP contribution in [0.1, 0.15) is 36.3 Å². The van der Waals surface area contributed by atoms with Crippen LogP contribution in [0.5, 0.6) is 0 Å². The summed E-state index contributed by atoms with van der Waals surface area (Å²) in [5.41, 5.74) is 8.28. The standard InChI is InChI=1S/C13H20N4S/c1-9(2)17-5-4-12(16-17)6-11(14)7-13-15-10(3)8-18-13/h4-5,8-9,11H,6-7,14H2,1-3H3. The lowest BCUT2D eigenvalue weighted by Crippen LogP contribution is -2.25. The maximum absolute atomic E-state index is 6.15. The molecule has 0 bridgehead atoms. The molecule has 0 aliphatic rings. The molecule has 18 heavy (non-hydrogen) atoms. The Hall–Kier alpha value is -1.20. The van der Waals surface area contributed by atoms with Crippen molar-refractivity contribution in [2.75, 3.05) is 0 Å². The van der Waals surface area contributed by atoms with E-state index in [4.69, 9.17) is 5.73 Å². The fourth-order valence-corrected chi connectivity index (χ4v) is 2.70. The number of aryl methyl sites for hydroxylation is 1. The summed E-state index contributed by atoms with van der Waals surface area (Å²) in [6.07, 6.45) is 3.64. The molecule has 0 spiro atoms. The van der Waals surface area contributed by atoms with Gasteiger partial charge in [0.15, 0.2) is 0 Å². The van der Waals surface area contributed by atoms with Gasteiger partial charge >= 0.3 is 0 Å². The number of aromatic nitrogens is 3. The molecule has 0 fully saturated rings. The fraction of sp³-hybridized carbons (Fsp3) is 0.538. The average Bonchev–Trinajstić information content (AvgIpc) is 2.88. The molecule has 0 saturated heterocycles. The zero-order valence-corrected chi connectivity index (χ0v) is 11.9. The first-order chi connectivity index (χ1) is 8.54. The average molecular weight is 264 g/mol. The third-order valence-electron chi connectivity index (χ3n) is 2.77. The van der Waals surface area contributed by atoms with Crippen LogP contribution in [0.25, 0.3) is 0 Å². The normalized spacial score (nSPS) is 13.2. The highest BCUT2D eigenvalue weighted by Crippen LogP contribution is 2.12. The first-order valence-electron chi connectivity index (χ1n) is 6.25. The summed E-state index contributed by atoms with van der Waals surface area (Å²) in [6, 6.07) is 2.54. The third-order valence-corrected chi connectivity index (χ3v) is 3.76. The highest BCUT2D eigenvalue weighted by molar-refractivity contribution is 7.09. The molecule has 1 atom stereocenters. The topological polar surface area (TPSA) is 56.7 Å². The Morgan fingerprint density at radius 2 is 2.17 bits per heavy atom. The van der Waals surface area contributed by atoms with E-state index in [1.54, 1.807) is 11.3 Å².